The predicted molar refractivity (Wildman–Crippen MR) is 108 cm³/mol. The van der Waals surface area contributed by atoms with Crippen LogP contribution < -0.4 is 4.90 Å². The maximum Gasteiger partial charge on any atom is 0.285 e. The van der Waals surface area contributed by atoms with E-state index in [9.17, 15) is 8.42 Å². The van der Waals surface area contributed by atoms with Gasteiger partial charge in [0.25, 0.3) is 10.0 Å². The number of hydrogen-bond acceptors (Lipinski definition) is 7. The molecular formula is C19H19N7O2S. The Morgan fingerprint density at radius 3 is 2.48 bits per heavy atom. The highest BCUT2D eigenvalue weighted by atomic mass is 32.2. The maximum atomic E-state index is 12.3. The number of sulfonamides is 1. The first kappa shape index (κ1) is 17.8. The molecule has 148 valence electrons. The second kappa shape index (κ2) is 6.66. The number of piperazine rings is 1. The molecule has 2 aromatic heterocycles. The molecule has 0 aliphatic carbocycles. The number of fused-ring (bicyclic) bond motifs is 1. The third-order valence-electron chi connectivity index (χ3n) is 5.14. The van der Waals surface area contributed by atoms with Crippen LogP contribution in [-0.2, 0) is 17.1 Å². The third-order valence-corrected chi connectivity index (χ3v) is 6.46. The van der Waals surface area contributed by atoms with Crippen molar-refractivity contribution in [3.05, 3.63) is 54.6 Å². The fourth-order valence-electron chi connectivity index (χ4n) is 3.66. The molecule has 4 heterocycles. The van der Waals surface area contributed by atoms with Crippen molar-refractivity contribution in [3.8, 4) is 11.3 Å². The zero-order valence-electron chi connectivity index (χ0n) is 15.8. The number of aromatic nitrogens is 4. The molecule has 9 nitrogen and oxygen atoms in total. The van der Waals surface area contributed by atoms with Crippen molar-refractivity contribution in [1.82, 2.24) is 24.6 Å². The third kappa shape index (κ3) is 3.15. The molecular weight excluding hydrogens is 390 g/mol. The lowest BCUT2D eigenvalue weighted by molar-refractivity contribution is 0.386. The summed E-state index contributed by atoms with van der Waals surface area (Å²) in [6, 6.07) is 6.98. The summed E-state index contributed by atoms with van der Waals surface area (Å²) in [7, 11) is -1.74. The summed E-state index contributed by atoms with van der Waals surface area (Å²) in [6.45, 7) is 2.71. The molecule has 0 unspecified atom stereocenters. The molecule has 5 rings (SSSR count). The number of anilines is 1. The first-order chi connectivity index (χ1) is 14.0. The van der Waals surface area contributed by atoms with Crippen LogP contribution in [0.25, 0.3) is 11.3 Å². The van der Waals surface area contributed by atoms with E-state index < -0.39 is 10.0 Å². The van der Waals surface area contributed by atoms with Crippen LogP contribution in [0.4, 0.5) is 5.82 Å². The molecule has 1 fully saturated rings. The summed E-state index contributed by atoms with van der Waals surface area (Å²) >= 11 is 0. The SMILES string of the molecule is Cn1cc(-c2cncc(N3CCN(C4=NS(=O)(=O)c5ccccc54)CC3)n2)cn1. The Labute approximate surface area is 168 Å². The summed E-state index contributed by atoms with van der Waals surface area (Å²) < 4.78 is 30.4. The Hall–Kier alpha value is -3.27. The second-order valence-electron chi connectivity index (χ2n) is 7.03. The van der Waals surface area contributed by atoms with Gasteiger partial charge in [-0.05, 0) is 12.1 Å². The molecule has 2 aliphatic heterocycles. The van der Waals surface area contributed by atoms with Crippen molar-refractivity contribution >= 4 is 21.7 Å². The van der Waals surface area contributed by atoms with Gasteiger partial charge in [-0.15, -0.1) is 4.40 Å². The number of hydrogen-bond donors (Lipinski definition) is 0. The molecule has 10 heteroatoms. The quantitative estimate of drug-likeness (QED) is 0.626. The highest BCUT2D eigenvalue weighted by Gasteiger charge is 2.33. The van der Waals surface area contributed by atoms with Gasteiger partial charge >= 0.3 is 0 Å². The Morgan fingerprint density at radius 1 is 0.966 bits per heavy atom. The zero-order chi connectivity index (χ0) is 20.0. The van der Waals surface area contributed by atoms with Gasteiger partial charge in [0.15, 0.2) is 5.84 Å². The molecule has 0 spiro atoms. The number of rotatable bonds is 2. The molecule has 3 aromatic rings. The van der Waals surface area contributed by atoms with Crippen LogP contribution >= 0.6 is 0 Å². The average Bonchev–Trinajstić information content (AvgIpc) is 3.30. The lowest BCUT2D eigenvalue weighted by Crippen LogP contribution is -2.49. The van der Waals surface area contributed by atoms with Gasteiger partial charge in [0.1, 0.15) is 10.7 Å². The lowest BCUT2D eigenvalue weighted by Gasteiger charge is -2.36. The molecule has 0 bridgehead atoms. The molecule has 0 saturated carbocycles. The van der Waals surface area contributed by atoms with Crippen LogP contribution in [0.2, 0.25) is 0 Å². The van der Waals surface area contributed by atoms with Gasteiger partial charge in [-0.3, -0.25) is 9.67 Å². The van der Waals surface area contributed by atoms with Crippen LogP contribution in [0.1, 0.15) is 5.56 Å². The molecule has 0 radical (unpaired) electrons. The Balaban J connectivity index is 1.34. The van der Waals surface area contributed by atoms with Crippen LogP contribution in [0.15, 0.2) is 58.3 Å². The first-order valence-corrected chi connectivity index (χ1v) is 10.7. The van der Waals surface area contributed by atoms with E-state index in [1.807, 2.05) is 30.3 Å². The fourth-order valence-corrected chi connectivity index (χ4v) is 4.89. The van der Waals surface area contributed by atoms with Crippen molar-refractivity contribution in [1.29, 1.82) is 0 Å². The fraction of sp³-hybridized carbons (Fsp3) is 0.263. The first-order valence-electron chi connectivity index (χ1n) is 9.27. The lowest BCUT2D eigenvalue weighted by atomic mass is 10.1. The van der Waals surface area contributed by atoms with Gasteiger partial charge in [0, 0.05) is 50.6 Å². The largest absolute Gasteiger partial charge is 0.352 e. The number of nitrogens with zero attached hydrogens (tertiary/aromatic N) is 7. The zero-order valence-corrected chi connectivity index (χ0v) is 16.6. The highest BCUT2D eigenvalue weighted by Crippen LogP contribution is 2.28. The van der Waals surface area contributed by atoms with Crippen molar-refractivity contribution in [2.75, 3.05) is 31.1 Å². The number of amidine groups is 1. The van der Waals surface area contributed by atoms with Gasteiger partial charge in [0.05, 0.1) is 24.3 Å². The topological polar surface area (TPSA) is 96.6 Å². The summed E-state index contributed by atoms with van der Waals surface area (Å²) in [4.78, 5) is 13.5. The van der Waals surface area contributed by atoms with Crippen LogP contribution in [-0.4, -0.2) is 65.1 Å². The van der Waals surface area contributed by atoms with Crippen LogP contribution in [0.5, 0.6) is 0 Å². The Morgan fingerprint density at radius 2 is 1.72 bits per heavy atom. The smallest absolute Gasteiger partial charge is 0.285 e. The van der Waals surface area contributed by atoms with Crippen molar-refractivity contribution < 1.29 is 8.42 Å². The summed E-state index contributed by atoms with van der Waals surface area (Å²) in [5.41, 5.74) is 2.38. The van der Waals surface area contributed by atoms with E-state index in [0.29, 0.717) is 37.6 Å². The summed E-state index contributed by atoms with van der Waals surface area (Å²) in [5.74, 6) is 1.34. The van der Waals surface area contributed by atoms with Crippen LogP contribution in [0.3, 0.4) is 0 Å². The van der Waals surface area contributed by atoms with E-state index in [1.165, 1.54) is 0 Å². The molecule has 29 heavy (non-hydrogen) atoms. The van der Waals surface area contributed by atoms with Gasteiger partial charge in [-0.2, -0.15) is 13.5 Å². The van der Waals surface area contributed by atoms with E-state index in [0.717, 1.165) is 17.1 Å². The number of aryl methyl sites for hydroxylation is 1. The summed E-state index contributed by atoms with van der Waals surface area (Å²) in [5, 5.41) is 4.19. The molecule has 2 aliphatic rings. The minimum absolute atomic E-state index is 0.285. The van der Waals surface area contributed by atoms with E-state index in [4.69, 9.17) is 4.98 Å². The molecule has 1 saturated heterocycles. The normalized spacial score (nSPS) is 17.9. The summed E-state index contributed by atoms with van der Waals surface area (Å²) in [6.07, 6.45) is 7.15. The van der Waals surface area contributed by atoms with E-state index in [2.05, 4.69) is 19.4 Å². The molecule has 0 atom stereocenters. The minimum atomic E-state index is -3.60. The number of benzene rings is 1. The second-order valence-corrected chi connectivity index (χ2v) is 8.60. The van der Waals surface area contributed by atoms with Crippen molar-refractivity contribution in [2.24, 2.45) is 11.4 Å². The van der Waals surface area contributed by atoms with Gasteiger partial charge < -0.3 is 9.80 Å². The van der Waals surface area contributed by atoms with Gasteiger partial charge in [-0.1, -0.05) is 12.1 Å². The Kier molecular flexibility index (Phi) is 4.09. The maximum absolute atomic E-state index is 12.3. The average molecular weight is 409 g/mol. The van der Waals surface area contributed by atoms with Gasteiger partial charge in [0.2, 0.25) is 0 Å². The highest BCUT2D eigenvalue weighted by molar-refractivity contribution is 7.90. The van der Waals surface area contributed by atoms with E-state index in [1.54, 1.807) is 35.4 Å². The minimum Gasteiger partial charge on any atom is -0.352 e. The van der Waals surface area contributed by atoms with Crippen molar-refractivity contribution in [2.45, 2.75) is 4.90 Å². The molecule has 0 amide bonds. The molecule has 0 N–H and O–H groups in total. The standard InChI is InChI=1S/C19H19N7O2S/c1-24-13-14(10-21-24)16-11-20-12-18(22-16)25-6-8-26(9-7-25)19-15-4-2-3-5-17(15)29(27,28)23-19/h2-5,10-13H,6-9H2,1H3. The predicted octanol–water partition coefficient (Wildman–Crippen LogP) is 1.15. The van der Waals surface area contributed by atoms with Crippen LogP contribution in [0, 0.1) is 0 Å². The van der Waals surface area contributed by atoms with Gasteiger partial charge in [-0.25, -0.2) is 4.98 Å². The van der Waals surface area contributed by atoms with E-state index in [-0.39, 0.29) is 4.90 Å². The van der Waals surface area contributed by atoms with Crippen molar-refractivity contribution in [3.63, 3.8) is 0 Å². The molecule has 1 aromatic carbocycles. The Bertz CT molecular complexity index is 1210. The van der Waals surface area contributed by atoms with E-state index >= 15 is 0 Å². The monoisotopic (exact) mass is 409 g/mol.